The van der Waals surface area contributed by atoms with E-state index < -0.39 is 0 Å². The van der Waals surface area contributed by atoms with Crippen LogP contribution in [0.3, 0.4) is 0 Å². The zero-order chi connectivity index (χ0) is 17.2. The number of benzene rings is 1. The van der Waals surface area contributed by atoms with Gasteiger partial charge in [0.25, 0.3) is 0 Å². The molecular formula is C18H23N3O3. The first-order valence-electron chi connectivity index (χ1n) is 8.25. The smallest absolute Gasteiger partial charge is 0.246 e. The molecule has 6 heteroatoms. The molecule has 1 atom stereocenters. The van der Waals surface area contributed by atoms with Crippen molar-refractivity contribution in [3.8, 4) is 11.4 Å². The number of nitrogens with zero attached hydrogens (tertiary/aromatic N) is 2. The number of nitrogens with one attached hydrogen (secondary N) is 1. The largest absolute Gasteiger partial charge is 0.376 e. The molecule has 0 unspecified atom stereocenters. The average molecular weight is 329 g/mol. The molecule has 128 valence electrons. The molecule has 1 N–H and O–H groups in total. The van der Waals surface area contributed by atoms with E-state index in [-0.39, 0.29) is 24.0 Å². The molecule has 6 nitrogen and oxygen atoms in total. The molecule has 1 amide bonds. The fraction of sp³-hybridized carbons (Fsp3) is 0.500. The average Bonchev–Trinajstić information content (AvgIpc) is 3.01. The monoisotopic (exact) mass is 329 g/mol. The SMILES string of the molecule is Cc1ccccc1-c1noc(CNC(=O)[C@@H]2CCOC(C)(C)C2)n1. The van der Waals surface area contributed by atoms with Crippen molar-refractivity contribution in [2.45, 2.75) is 45.8 Å². The summed E-state index contributed by atoms with van der Waals surface area (Å²) in [6.45, 7) is 6.89. The lowest BCUT2D eigenvalue weighted by Crippen LogP contribution is -2.41. The Balaban J connectivity index is 1.60. The van der Waals surface area contributed by atoms with E-state index in [2.05, 4.69) is 15.5 Å². The molecule has 3 rings (SSSR count). The summed E-state index contributed by atoms with van der Waals surface area (Å²) < 4.78 is 10.9. The first-order valence-corrected chi connectivity index (χ1v) is 8.25. The molecule has 1 fully saturated rings. The van der Waals surface area contributed by atoms with Crippen LogP contribution in [0.1, 0.15) is 38.1 Å². The van der Waals surface area contributed by atoms with E-state index in [4.69, 9.17) is 9.26 Å². The van der Waals surface area contributed by atoms with Gasteiger partial charge in [-0.05, 0) is 39.2 Å². The number of hydrogen-bond donors (Lipinski definition) is 1. The number of amides is 1. The number of ether oxygens (including phenoxy) is 1. The van der Waals surface area contributed by atoms with Crippen molar-refractivity contribution in [2.75, 3.05) is 6.61 Å². The molecule has 0 radical (unpaired) electrons. The van der Waals surface area contributed by atoms with E-state index in [1.807, 2.05) is 45.0 Å². The highest BCUT2D eigenvalue weighted by molar-refractivity contribution is 5.78. The Morgan fingerprint density at radius 3 is 2.92 bits per heavy atom. The third kappa shape index (κ3) is 3.82. The lowest BCUT2D eigenvalue weighted by Gasteiger charge is -2.34. The van der Waals surface area contributed by atoms with E-state index in [9.17, 15) is 4.79 Å². The maximum atomic E-state index is 12.3. The quantitative estimate of drug-likeness (QED) is 0.933. The van der Waals surface area contributed by atoms with Gasteiger partial charge in [-0.25, -0.2) is 0 Å². The summed E-state index contributed by atoms with van der Waals surface area (Å²) in [5.41, 5.74) is 1.77. The molecule has 0 aliphatic carbocycles. The third-order valence-corrected chi connectivity index (χ3v) is 4.34. The molecule has 1 saturated heterocycles. The Kier molecular flexibility index (Phi) is 4.66. The van der Waals surface area contributed by atoms with Crippen LogP contribution in [0.25, 0.3) is 11.4 Å². The number of rotatable bonds is 4. The summed E-state index contributed by atoms with van der Waals surface area (Å²) in [6.07, 6.45) is 1.46. The Morgan fingerprint density at radius 1 is 1.38 bits per heavy atom. The van der Waals surface area contributed by atoms with Crippen molar-refractivity contribution in [1.29, 1.82) is 0 Å². The van der Waals surface area contributed by atoms with E-state index in [1.165, 1.54) is 0 Å². The molecule has 1 aliphatic rings. The van der Waals surface area contributed by atoms with Gasteiger partial charge in [0.1, 0.15) is 0 Å². The van der Waals surface area contributed by atoms with Crippen LogP contribution in [-0.4, -0.2) is 28.3 Å². The van der Waals surface area contributed by atoms with Crippen LogP contribution in [0.15, 0.2) is 28.8 Å². The van der Waals surface area contributed by atoms with Crippen LogP contribution >= 0.6 is 0 Å². The van der Waals surface area contributed by atoms with Gasteiger partial charge in [-0.2, -0.15) is 4.98 Å². The van der Waals surface area contributed by atoms with Gasteiger partial charge in [0.05, 0.1) is 12.1 Å². The van der Waals surface area contributed by atoms with Gasteiger partial charge in [0, 0.05) is 18.1 Å². The van der Waals surface area contributed by atoms with E-state index >= 15 is 0 Å². The Labute approximate surface area is 141 Å². The van der Waals surface area contributed by atoms with Crippen molar-refractivity contribution >= 4 is 5.91 Å². The van der Waals surface area contributed by atoms with Crippen molar-refractivity contribution in [3.63, 3.8) is 0 Å². The highest BCUT2D eigenvalue weighted by Gasteiger charge is 2.32. The summed E-state index contributed by atoms with van der Waals surface area (Å²) in [4.78, 5) is 16.7. The molecule has 2 heterocycles. The molecular weight excluding hydrogens is 306 g/mol. The first kappa shape index (κ1) is 16.6. The van der Waals surface area contributed by atoms with Gasteiger partial charge in [0.2, 0.25) is 17.6 Å². The fourth-order valence-electron chi connectivity index (χ4n) is 3.02. The summed E-state index contributed by atoms with van der Waals surface area (Å²) in [5, 5.41) is 6.90. The molecule has 0 saturated carbocycles. The molecule has 1 aromatic heterocycles. The predicted molar refractivity (Wildman–Crippen MR) is 89.1 cm³/mol. The zero-order valence-electron chi connectivity index (χ0n) is 14.3. The van der Waals surface area contributed by atoms with Crippen LogP contribution in [0.4, 0.5) is 0 Å². The Hall–Kier alpha value is -2.21. The molecule has 2 aromatic rings. The van der Waals surface area contributed by atoms with Crippen LogP contribution < -0.4 is 5.32 Å². The summed E-state index contributed by atoms with van der Waals surface area (Å²) in [5.74, 6) is 0.937. The number of hydrogen-bond acceptors (Lipinski definition) is 5. The lowest BCUT2D eigenvalue weighted by atomic mass is 9.88. The van der Waals surface area contributed by atoms with E-state index in [0.717, 1.165) is 24.0 Å². The van der Waals surface area contributed by atoms with E-state index in [1.54, 1.807) is 0 Å². The standard InChI is InChI=1S/C18H23N3O3/c1-12-6-4-5-7-14(12)16-20-15(24-21-16)11-19-17(22)13-8-9-23-18(2,3)10-13/h4-7,13H,8-11H2,1-3H3,(H,19,22)/t13-/m1/s1. The maximum absolute atomic E-state index is 12.3. The van der Waals surface area contributed by atoms with E-state index in [0.29, 0.717) is 18.3 Å². The van der Waals surface area contributed by atoms with Crippen LogP contribution in [0.2, 0.25) is 0 Å². The predicted octanol–water partition coefficient (Wildman–Crippen LogP) is 2.87. The van der Waals surface area contributed by atoms with Crippen molar-refractivity contribution < 1.29 is 14.1 Å². The normalized spacial score (nSPS) is 19.9. The third-order valence-electron chi connectivity index (χ3n) is 4.34. The van der Waals surface area contributed by atoms with Crippen LogP contribution in [-0.2, 0) is 16.1 Å². The van der Waals surface area contributed by atoms with Gasteiger partial charge in [-0.3, -0.25) is 4.79 Å². The highest BCUT2D eigenvalue weighted by atomic mass is 16.5. The summed E-state index contributed by atoms with van der Waals surface area (Å²) in [7, 11) is 0. The van der Waals surface area contributed by atoms with Crippen molar-refractivity contribution in [1.82, 2.24) is 15.5 Å². The Bertz CT molecular complexity index is 724. The lowest BCUT2D eigenvalue weighted by molar-refractivity contribution is -0.135. The van der Waals surface area contributed by atoms with Crippen molar-refractivity contribution in [3.05, 3.63) is 35.7 Å². The topological polar surface area (TPSA) is 77.2 Å². The van der Waals surface area contributed by atoms with Gasteiger partial charge in [-0.15, -0.1) is 0 Å². The number of aryl methyl sites for hydroxylation is 1. The summed E-state index contributed by atoms with van der Waals surface area (Å²) in [6, 6.07) is 7.86. The number of aromatic nitrogens is 2. The number of carbonyl (C=O) groups is 1. The van der Waals surface area contributed by atoms with Gasteiger partial charge in [0.15, 0.2) is 0 Å². The minimum atomic E-state index is -0.247. The zero-order valence-corrected chi connectivity index (χ0v) is 14.3. The summed E-state index contributed by atoms with van der Waals surface area (Å²) >= 11 is 0. The second-order valence-corrected chi connectivity index (χ2v) is 6.84. The fourth-order valence-corrected chi connectivity index (χ4v) is 3.02. The Morgan fingerprint density at radius 2 is 2.17 bits per heavy atom. The van der Waals surface area contributed by atoms with Crippen LogP contribution in [0, 0.1) is 12.8 Å². The number of carbonyl (C=O) groups excluding carboxylic acids is 1. The van der Waals surface area contributed by atoms with Gasteiger partial charge in [-0.1, -0.05) is 29.4 Å². The minimum absolute atomic E-state index is 0.0158. The van der Waals surface area contributed by atoms with Crippen LogP contribution in [0.5, 0.6) is 0 Å². The molecule has 0 bridgehead atoms. The molecule has 24 heavy (non-hydrogen) atoms. The maximum Gasteiger partial charge on any atom is 0.246 e. The molecule has 1 aliphatic heterocycles. The second-order valence-electron chi connectivity index (χ2n) is 6.84. The van der Waals surface area contributed by atoms with Gasteiger partial charge < -0.3 is 14.6 Å². The van der Waals surface area contributed by atoms with Crippen molar-refractivity contribution in [2.24, 2.45) is 5.92 Å². The molecule has 0 spiro atoms. The highest BCUT2D eigenvalue weighted by Crippen LogP contribution is 2.28. The molecule has 1 aromatic carbocycles. The minimum Gasteiger partial charge on any atom is -0.376 e. The van der Waals surface area contributed by atoms with Gasteiger partial charge >= 0.3 is 0 Å². The first-order chi connectivity index (χ1) is 11.4. The second kappa shape index (κ2) is 6.73.